The van der Waals surface area contributed by atoms with E-state index in [0.29, 0.717) is 23.6 Å². The number of aryl methyl sites for hydroxylation is 1. The molecule has 1 amide bonds. The molecule has 9 nitrogen and oxygen atoms in total. The number of nitrogens with two attached hydrogens (primary N) is 1. The molecule has 32 heavy (non-hydrogen) atoms. The third-order valence-corrected chi connectivity index (χ3v) is 5.69. The Kier molecular flexibility index (Phi) is 7.08. The second-order valence-corrected chi connectivity index (χ2v) is 8.15. The van der Waals surface area contributed by atoms with Gasteiger partial charge in [0.25, 0.3) is 6.20 Å². The van der Waals surface area contributed by atoms with Crippen LogP contribution in [0.15, 0.2) is 40.0 Å². The molecule has 2 aromatic heterocycles. The van der Waals surface area contributed by atoms with Crippen molar-refractivity contribution in [2.45, 2.75) is 38.3 Å². The van der Waals surface area contributed by atoms with Crippen molar-refractivity contribution in [3.8, 4) is 23.3 Å². The molecule has 3 aromatic rings. The highest BCUT2D eigenvalue weighted by Crippen LogP contribution is 2.36. The van der Waals surface area contributed by atoms with E-state index in [9.17, 15) is 15.3 Å². The van der Waals surface area contributed by atoms with Gasteiger partial charge in [-0.25, -0.2) is 4.98 Å². The summed E-state index contributed by atoms with van der Waals surface area (Å²) < 4.78 is 6.56. The van der Waals surface area contributed by atoms with Gasteiger partial charge in [-0.3, -0.25) is 14.6 Å². The fourth-order valence-electron chi connectivity index (χ4n) is 3.02. The molecule has 0 aliphatic rings. The average Bonchev–Trinajstić information content (AvgIpc) is 3.24. The monoisotopic (exact) mass is 448 g/mol. The number of nitrogens with one attached hydrogen (secondary N) is 1. The van der Waals surface area contributed by atoms with Gasteiger partial charge in [0.05, 0.1) is 11.3 Å². The van der Waals surface area contributed by atoms with E-state index in [1.54, 1.807) is 6.20 Å². The Labute approximate surface area is 189 Å². The minimum atomic E-state index is -0.356. The molecule has 0 radical (unpaired) electrons. The largest absolute Gasteiger partial charge is 0.383 e. The molecule has 2 heterocycles. The number of rotatable bonds is 7. The number of carbonyl (C=O) groups excluding carboxylic acids is 1. The molecule has 3 rings (SSSR count). The second-order valence-electron chi connectivity index (χ2n) is 7.19. The van der Waals surface area contributed by atoms with Gasteiger partial charge in [0.15, 0.2) is 6.54 Å². The second kappa shape index (κ2) is 9.94. The van der Waals surface area contributed by atoms with Crippen molar-refractivity contribution in [3.63, 3.8) is 0 Å². The molecule has 162 valence electrons. The Balaban J connectivity index is 1.90. The molecule has 0 aliphatic heterocycles. The van der Waals surface area contributed by atoms with E-state index in [-0.39, 0.29) is 39.5 Å². The normalized spacial score (nSPS) is 10.6. The van der Waals surface area contributed by atoms with E-state index in [2.05, 4.69) is 41.6 Å². The fourth-order valence-corrected chi connectivity index (χ4v) is 3.81. The highest BCUT2D eigenvalue weighted by Gasteiger charge is 2.22. The quantitative estimate of drug-likeness (QED) is 0.414. The minimum Gasteiger partial charge on any atom is -0.383 e. The van der Waals surface area contributed by atoms with Crippen molar-refractivity contribution < 1.29 is 14.0 Å². The van der Waals surface area contributed by atoms with E-state index in [1.807, 2.05) is 31.2 Å². The van der Waals surface area contributed by atoms with E-state index in [1.165, 1.54) is 4.68 Å². The molecule has 0 atom stereocenters. The summed E-state index contributed by atoms with van der Waals surface area (Å²) in [7, 11) is 0. The summed E-state index contributed by atoms with van der Waals surface area (Å²) in [5.74, 6) is 0.183. The average molecular weight is 449 g/mol. The maximum atomic E-state index is 12.3. The van der Waals surface area contributed by atoms with Crippen LogP contribution >= 0.6 is 11.8 Å². The number of hydrogen-bond acceptors (Lipinski definition) is 8. The van der Waals surface area contributed by atoms with Crippen LogP contribution in [0.25, 0.3) is 11.1 Å². The maximum absolute atomic E-state index is 12.3. The van der Waals surface area contributed by atoms with Crippen LogP contribution in [0.1, 0.15) is 43.4 Å². The predicted octanol–water partition coefficient (Wildman–Crippen LogP) is 3.22. The number of nitriles is 2. The molecule has 0 bridgehead atoms. The van der Waals surface area contributed by atoms with Gasteiger partial charge < -0.3 is 5.73 Å². The Morgan fingerprint density at radius 3 is 2.50 bits per heavy atom. The van der Waals surface area contributed by atoms with Gasteiger partial charge in [-0.1, -0.05) is 54.6 Å². The third kappa shape index (κ3) is 4.88. The Hall–Kier alpha value is -3.89. The Morgan fingerprint density at radius 2 is 1.94 bits per heavy atom. The van der Waals surface area contributed by atoms with Crippen molar-refractivity contribution in [2.24, 2.45) is 0 Å². The molecule has 1 aromatic carbocycles. The summed E-state index contributed by atoms with van der Waals surface area (Å²) in [4.78, 5) is 16.5. The third-order valence-electron chi connectivity index (χ3n) is 4.72. The van der Waals surface area contributed by atoms with Crippen LogP contribution in [0.5, 0.6) is 0 Å². The molecule has 0 aliphatic carbocycles. The van der Waals surface area contributed by atoms with Crippen molar-refractivity contribution in [3.05, 3.63) is 47.2 Å². The number of hydrogen-bond donors (Lipinski definition) is 2. The first-order valence-corrected chi connectivity index (χ1v) is 10.9. The highest BCUT2D eigenvalue weighted by atomic mass is 32.2. The van der Waals surface area contributed by atoms with Crippen LogP contribution in [0.4, 0.5) is 11.7 Å². The summed E-state index contributed by atoms with van der Waals surface area (Å²) in [5.41, 5.74) is 8.62. The number of thioether (sulfide) groups is 1. The highest BCUT2D eigenvalue weighted by molar-refractivity contribution is 8.00. The number of amides is 1. The zero-order chi connectivity index (χ0) is 23.3. The first-order valence-electron chi connectivity index (χ1n) is 9.91. The van der Waals surface area contributed by atoms with Gasteiger partial charge >= 0.3 is 5.88 Å². The van der Waals surface area contributed by atoms with Crippen LogP contribution < -0.4 is 15.7 Å². The van der Waals surface area contributed by atoms with E-state index >= 15 is 0 Å². The number of nitrogen functional groups attached to an aromatic ring is 1. The Morgan fingerprint density at radius 1 is 1.25 bits per heavy atom. The number of benzene rings is 1. The van der Waals surface area contributed by atoms with Crippen LogP contribution in [0.3, 0.4) is 0 Å². The fraction of sp³-hybridized carbons (Fsp3) is 0.273. The molecule has 0 spiro atoms. The summed E-state index contributed by atoms with van der Waals surface area (Å²) in [6, 6.07) is 11.8. The molecular weight excluding hydrogens is 426 g/mol. The maximum Gasteiger partial charge on any atom is 0.302 e. The zero-order valence-corrected chi connectivity index (χ0v) is 18.7. The summed E-state index contributed by atoms with van der Waals surface area (Å²) in [6.07, 6.45) is 1.57. The molecule has 0 saturated heterocycles. The van der Waals surface area contributed by atoms with Crippen molar-refractivity contribution in [2.75, 3.05) is 16.8 Å². The first-order chi connectivity index (χ1) is 15.4. The molecule has 0 fully saturated rings. The SMILES string of the molecule is CC[n+]1cc(NC(=O)CSc2nc(N)c(C#N)c(-c3ccc(C(C)C)cc3)c2C#N)on1. The molecule has 3 N–H and O–H groups in total. The molecular formula is C22H22N7O2S+. The van der Waals surface area contributed by atoms with Crippen molar-refractivity contribution >= 4 is 29.4 Å². The van der Waals surface area contributed by atoms with Gasteiger partial charge in [-0.2, -0.15) is 10.5 Å². The van der Waals surface area contributed by atoms with Crippen LogP contribution in [-0.4, -0.2) is 21.9 Å². The van der Waals surface area contributed by atoms with E-state index in [0.717, 1.165) is 17.3 Å². The lowest BCUT2D eigenvalue weighted by atomic mass is 9.94. The summed E-state index contributed by atoms with van der Waals surface area (Å²) in [6.45, 7) is 6.67. The molecule has 0 saturated carbocycles. The van der Waals surface area contributed by atoms with Gasteiger partial charge in [0.1, 0.15) is 28.5 Å². The van der Waals surface area contributed by atoms with Crippen LogP contribution in [0.2, 0.25) is 0 Å². The smallest absolute Gasteiger partial charge is 0.302 e. The topological polar surface area (TPSA) is 146 Å². The molecule has 10 heteroatoms. The lowest BCUT2D eigenvalue weighted by molar-refractivity contribution is -0.759. The number of nitrogens with zero attached hydrogens (tertiary/aromatic N) is 5. The van der Waals surface area contributed by atoms with Gasteiger partial charge in [0, 0.05) is 5.56 Å². The summed E-state index contributed by atoms with van der Waals surface area (Å²) in [5, 5.41) is 26.1. The van der Waals surface area contributed by atoms with Gasteiger partial charge in [-0.15, -0.1) is 0 Å². The van der Waals surface area contributed by atoms with Crippen LogP contribution in [-0.2, 0) is 11.3 Å². The van der Waals surface area contributed by atoms with Gasteiger partial charge in [-0.05, 0) is 24.0 Å². The number of aromatic nitrogens is 3. The predicted molar refractivity (Wildman–Crippen MR) is 119 cm³/mol. The van der Waals surface area contributed by atoms with Crippen molar-refractivity contribution in [1.82, 2.24) is 10.3 Å². The lowest BCUT2D eigenvalue weighted by Gasteiger charge is -2.14. The standard InChI is InChI=1S/C22H21N7O2S/c1-4-29-11-19(31-28-29)26-18(30)12-32-22-17(10-24)20(16(9-23)21(25)27-22)15-7-5-14(6-8-15)13(2)3/h5-8,11,13H,4,12H2,1-3H3,(H2-,25,26,27,28,30)/p+1. The zero-order valence-electron chi connectivity index (χ0n) is 17.9. The summed E-state index contributed by atoms with van der Waals surface area (Å²) >= 11 is 1.06. The minimum absolute atomic E-state index is 0.0107. The lowest BCUT2D eigenvalue weighted by Crippen LogP contribution is -2.32. The number of pyridine rings is 1. The Bertz CT molecular complexity index is 1220. The first kappa shape index (κ1) is 22.8. The van der Waals surface area contributed by atoms with Crippen LogP contribution in [0, 0.1) is 22.7 Å². The van der Waals surface area contributed by atoms with E-state index < -0.39 is 0 Å². The van der Waals surface area contributed by atoms with Crippen molar-refractivity contribution in [1.29, 1.82) is 10.5 Å². The van der Waals surface area contributed by atoms with E-state index in [4.69, 9.17) is 10.3 Å². The molecule has 0 unspecified atom stereocenters. The van der Waals surface area contributed by atoms with Gasteiger partial charge in [0.2, 0.25) is 11.2 Å². The number of anilines is 2. The number of carbonyl (C=O) groups is 1.